The van der Waals surface area contributed by atoms with Crippen molar-refractivity contribution in [3.05, 3.63) is 49.9 Å². The molecule has 8 rings (SSSR count). The Morgan fingerprint density at radius 1 is 0.952 bits per heavy atom. The first-order valence-electron chi connectivity index (χ1n) is 18.5. The number of terminal acetylenes is 1. The smallest absolute Gasteiger partial charge is 0.480 e. The van der Waals surface area contributed by atoms with E-state index >= 15 is 0 Å². The predicted octanol–water partition coefficient (Wildman–Crippen LogP) is -5.14. The van der Waals surface area contributed by atoms with Gasteiger partial charge in [0, 0.05) is 6.54 Å². The zero-order valence-electron chi connectivity index (χ0n) is 34.5. The van der Waals surface area contributed by atoms with Gasteiger partial charge in [-0.1, -0.05) is 10.6 Å². The summed E-state index contributed by atoms with van der Waals surface area (Å²) < 4.78 is 33.7. The second-order valence-corrected chi connectivity index (χ2v) is 12.3. The number of esters is 1. The van der Waals surface area contributed by atoms with Crippen molar-refractivity contribution in [1.29, 1.82) is 0 Å². The molecule has 0 spiro atoms. The molecule has 3 unspecified atom stereocenters. The minimum atomic E-state index is -1.08. The molecule has 0 amide bonds. The molecule has 28 heteroatoms. The molecule has 2 aromatic rings. The molecule has 0 radical (unpaired) electrons. The van der Waals surface area contributed by atoms with Gasteiger partial charge in [-0.3, -0.25) is 23.8 Å². The van der Waals surface area contributed by atoms with E-state index in [0.29, 0.717) is 83.9 Å². The Morgan fingerprint density at radius 2 is 1.53 bits per heavy atom. The number of nitrogens with zero attached hydrogens (tertiary/aromatic N) is 8. The zero-order valence-corrected chi connectivity index (χ0v) is 36.5. The quantitative estimate of drug-likeness (QED) is 0.0401. The number of carboxylic acids is 2. The van der Waals surface area contributed by atoms with Crippen molar-refractivity contribution < 1.29 is 103 Å². The van der Waals surface area contributed by atoms with Crippen LogP contribution in [-0.4, -0.2) is 167 Å². The van der Waals surface area contributed by atoms with E-state index in [2.05, 4.69) is 38.0 Å². The third kappa shape index (κ3) is 19.4. The molecule has 0 bridgehead atoms. The SMILES string of the molecule is C#CC.CCOC(=O)c1cc2n(n1)CCOC2.O=C(O)C1COCCN1.O=C1O[NH2+]N2CCOCC12.O=Cc1cc2n(n1)CCOC2.O=NN1CCOCC1C(=O)O.O=N[O-].[Na+]. The van der Waals surface area contributed by atoms with Gasteiger partial charge in [-0.2, -0.15) is 10.2 Å². The molecule has 0 saturated carbocycles. The molecule has 6 aliphatic heterocycles. The van der Waals surface area contributed by atoms with Gasteiger partial charge < -0.3 is 54.1 Å². The molecule has 6 aliphatic rings. The number of aromatic nitrogens is 4. The molecular formula is C34H50N10NaO17+. The number of morpholine rings is 3. The van der Waals surface area contributed by atoms with Crippen molar-refractivity contribution >= 4 is 30.2 Å². The first-order valence-corrected chi connectivity index (χ1v) is 18.5. The molecule has 4 saturated heterocycles. The van der Waals surface area contributed by atoms with E-state index in [1.165, 1.54) is 5.59 Å². The Balaban J connectivity index is 0.000000376. The van der Waals surface area contributed by atoms with E-state index in [4.69, 9.17) is 48.7 Å². The zero-order chi connectivity index (χ0) is 45.0. The fourth-order valence-corrected chi connectivity index (χ4v) is 5.33. The number of hydrogen-bond donors (Lipinski definition) is 4. The van der Waals surface area contributed by atoms with Crippen LogP contribution in [0.15, 0.2) is 22.8 Å². The van der Waals surface area contributed by atoms with E-state index in [1.807, 2.05) is 9.69 Å². The van der Waals surface area contributed by atoms with E-state index in [9.17, 15) is 28.9 Å². The summed E-state index contributed by atoms with van der Waals surface area (Å²) in [4.78, 5) is 75.8. The standard InChI is InChI=1S/C9H12N2O3.C7H8N2O2.C5H8N2O4.C5H8N2O3.C5H9NO3.C3H4.HNO2.Na/c1-2-14-9(12)8-5-7-6-13-4-3-11(7)10-8;10-4-6-3-7-5-11-2-1-9(7)8-6;8-5(9)4-3-11-2-1-7(4)6-10;8-5-4-3-9-2-1-7(4)6-10-5;7-5(8)4-3-9-2-1-6-4;1-3-2;2-1-3;/h5H,2-4,6H2,1H3;3-4H,1-2,5H2;4H,1-3H2,(H,8,9);4,6H,1-3H2;4,6H,1-3H2,(H,7,8);1H,2H3;(H,2,3);/q;;;;;;;+1. The number of rotatable bonds is 6. The molecule has 4 fully saturated rings. The van der Waals surface area contributed by atoms with Gasteiger partial charge in [0.25, 0.3) is 0 Å². The topological polar surface area (TPSA) is 343 Å². The molecule has 338 valence electrons. The van der Waals surface area contributed by atoms with Crippen LogP contribution in [0.2, 0.25) is 0 Å². The van der Waals surface area contributed by atoms with Crippen LogP contribution in [0.1, 0.15) is 46.2 Å². The van der Waals surface area contributed by atoms with Gasteiger partial charge in [-0.05, 0) is 26.0 Å². The van der Waals surface area contributed by atoms with Crippen LogP contribution < -0.4 is 40.5 Å². The van der Waals surface area contributed by atoms with E-state index < -0.39 is 24.0 Å². The van der Waals surface area contributed by atoms with Crippen LogP contribution >= 0.6 is 0 Å². The second kappa shape index (κ2) is 31.8. The van der Waals surface area contributed by atoms with Gasteiger partial charge in [-0.15, -0.1) is 22.6 Å². The summed E-state index contributed by atoms with van der Waals surface area (Å²) in [7, 11) is 0. The average Bonchev–Trinajstić information content (AvgIpc) is 4.02. The van der Waals surface area contributed by atoms with Crippen LogP contribution in [0.25, 0.3) is 0 Å². The van der Waals surface area contributed by atoms with E-state index in [0.717, 1.165) is 41.1 Å². The van der Waals surface area contributed by atoms with Gasteiger partial charge in [0.2, 0.25) is 0 Å². The molecule has 0 aliphatic carbocycles. The van der Waals surface area contributed by atoms with Crippen LogP contribution in [0.3, 0.4) is 0 Å². The van der Waals surface area contributed by atoms with Crippen LogP contribution in [-0.2, 0) is 73.9 Å². The number of carbonyl (C=O) groups excluding carboxylic acids is 3. The number of aliphatic carboxylic acids is 2. The second-order valence-electron chi connectivity index (χ2n) is 12.3. The summed E-state index contributed by atoms with van der Waals surface area (Å²) in [5.41, 5.74) is 4.26. The molecule has 3 atom stereocenters. The number of carboxylic acid groups (broad SMARTS) is 2. The maximum Gasteiger partial charge on any atom is 1.00 e. The average molecular weight is 894 g/mol. The van der Waals surface area contributed by atoms with Gasteiger partial charge in [0.15, 0.2) is 24.1 Å². The number of fused-ring (bicyclic) bond motifs is 3. The predicted molar refractivity (Wildman–Crippen MR) is 203 cm³/mol. The Hall–Kier alpha value is -4.99. The number of nitroso groups, excluding NO2 is 1. The Kier molecular flexibility index (Phi) is 28.2. The van der Waals surface area contributed by atoms with Crippen LogP contribution in [0, 0.1) is 27.4 Å². The molecule has 8 heterocycles. The molecule has 5 N–H and O–H groups in total. The van der Waals surface area contributed by atoms with Crippen LogP contribution in [0.5, 0.6) is 0 Å². The first kappa shape index (κ1) is 55.0. The molecule has 0 aromatic carbocycles. The van der Waals surface area contributed by atoms with E-state index in [1.54, 1.807) is 30.7 Å². The van der Waals surface area contributed by atoms with Crippen molar-refractivity contribution in [3.63, 3.8) is 0 Å². The monoisotopic (exact) mass is 893 g/mol. The molecule has 62 heavy (non-hydrogen) atoms. The molecule has 27 nitrogen and oxygen atoms in total. The third-order valence-corrected chi connectivity index (χ3v) is 8.20. The summed E-state index contributed by atoms with van der Waals surface area (Å²) in [5.74, 6) is -0.229. The summed E-state index contributed by atoms with van der Waals surface area (Å²) in [6.45, 7) is 11.8. The molecular weight excluding hydrogens is 843 g/mol. The van der Waals surface area contributed by atoms with Crippen molar-refractivity contribution in [1.82, 2.24) is 34.9 Å². The largest absolute Gasteiger partial charge is 1.00 e. The fraction of sp³-hybridized carbons (Fsp3) is 0.618. The summed E-state index contributed by atoms with van der Waals surface area (Å²) in [5, 5.41) is 42.3. The Labute approximate surface area is 376 Å². The van der Waals surface area contributed by atoms with Crippen molar-refractivity contribution in [2.75, 3.05) is 79.1 Å². The Bertz CT molecular complexity index is 1690. The van der Waals surface area contributed by atoms with Crippen molar-refractivity contribution in [3.8, 4) is 12.3 Å². The van der Waals surface area contributed by atoms with Crippen molar-refractivity contribution in [2.24, 2.45) is 10.6 Å². The van der Waals surface area contributed by atoms with E-state index in [-0.39, 0.29) is 67.3 Å². The maximum absolute atomic E-state index is 11.3. The van der Waals surface area contributed by atoms with Crippen molar-refractivity contribution in [2.45, 2.75) is 58.3 Å². The van der Waals surface area contributed by atoms with Crippen LogP contribution in [0.4, 0.5) is 0 Å². The number of carbonyl (C=O) groups is 5. The number of aldehydes is 1. The maximum atomic E-state index is 11.3. The van der Waals surface area contributed by atoms with Gasteiger partial charge in [0.05, 0.1) is 116 Å². The van der Waals surface area contributed by atoms with Gasteiger partial charge in [0.1, 0.15) is 11.7 Å². The fourth-order valence-electron chi connectivity index (χ4n) is 5.33. The summed E-state index contributed by atoms with van der Waals surface area (Å²) in [6, 6.07) is 1.89. The summed E-state index contributed by atoms with van der Waals surface area (Å²) >= 11 is 0. The van der Waals surface area contributed by atoms with Gasteiger partial charge >= 0.3 is 53.4 Å². The first-order chi connectivity index (χ1) is 29.5. The number of hydrogen-bond acceptors (Lipinski definition) is 21. The third-order valence-electron chi connectivity index (χ3n) is 8.20. The summed E-state index contributed by atoms with van der Waals surface area (Å²) in [6.07, 6.45) is 5.35. The number of quaternary nitrogens is 1. The normalized spacial score (nSPS) is 20.4. The minimum absolute atomic E-state index is 0. The molecule has 2 aromatic heterocycles. The Morgan fingerprint density at radius 3 is 2.02 bits per heavy atom. The minimum Gasteiger partial charge on any atom is -0.480 e. The number of nitrogens with one attached hydrogen (secondary N) is 1. The number of ether oxygens (including phenoxy) is 6. The van der Waals surface area contributed by atoms with Gasteiger partial charge in [-0.25, -0.2) is 19.4 Å². The number of nitrogens with two attached hydrogens (primary N) is 1.